The molecule has 2 rings (SSSR count). The second-order valence-corrected chi connectivity index (χ2v) is 4.56. The summed E-state index contributed by atoms with van der Waals surface area (Å²) >= 11 is 0. The van der Waals surface area contributed by atoms with Gasteiger partial charge in [0.25, 0.3) is 0 Å². The van der Waals surface area contributed by atoms with E-state index in [9.17, 15) is 0 Å². The summed E-state index contributed by atoms with van der Waals surface area (Å²) in [5, 5.41) is 18.2. The molecule has 0 aromatic carbocycles. The van der Waals surface area contributed by atoms with E-state index < -0.39 is 0 Å². The van der Waals surface area contributed by atoms with Crippen molar-refractivity contribution >= 4 is 5.69 Å². The third kappa shape index (κ3) is 2.83. The Morgan fingerprint density at radius 3 is 2.63 bits per heavy atom. The zero-order chi connectivity index (χ0) is 13.7. The second-order valence-electron chi connectivity index (χ2n) is 4.56. The molecule has 1 fully saturated rings. The smallest absolute Gasteiger partial charge is 0.163 e. The van der Waals surface area contributed by atoms with Gasteiger partial charge in [0.2, 0.25) is 0 Å². The average molecular weight is 255 g/mol. The second kappa shape index (κ2) is 6.17. The maximum absolute atomic E-state index is 9.09. The molecule has 0 spiro atoms. The van der Waals surface area contributed by atoms with Gasteiger partial charge >= 0.3 is 0 Å². The lowest BCUT2D eigenvalue weighted by Gasteiger charge is -2.37. The minimum absolute atomic E-state index is 0.00601. The van der Waals surface area contributed by atoms with E-state index in [0.29, 0.717) is 5.69 Å². The monoisotopic (exact) mass is 255 g/mol. The molecule has 0 N–H and O–H groups in total. The van der Waals surface area contributed by atoms with Crippen molar-refractivity contribution in [1.29, 1.82) is 10.5 Å². The summed E-state index contributed by atoms with van der Waals surface area (Å²) in [5.74, 6) is 0. The van der Waals surface area contributed by atoms with Crippen LogP contribution in [0.5, 0.6) is 0 Å². The Labute approximate surface area is 113 Å². The van der Waals surface area contributed by atoms with Crippen LogP contribution in [0, 0.1) is 22.7 Å². The van der Waals surface area contributed by atoms with Crippen molar-refractivity contribution in [3.05, 3.63) is 24.0 Å². The highest BCUT2D eigenvalue weighted by Crippen LogP contribution is 2.20. The van der Waals surface area contributed by atoms with E-state index >= 15 is 0 Å². The molecule has 0 radical (unpaired) electrons. The molecule has 0 saturated carbocycles. The van der Waals surface area contributed by atoms with Crippen molar-refractivity contribution in [1.82, 2.24) is 9.88 Å². The molecule has 1 unspecified atom stereocenters. The van der Waals surface area contributed by atoms with Crippen molar-refractivity contribution in [3.8, 4) is 12.1 Å². The molecular weight excluding hydrogens is 238 g/mol. The van der Waals surface area contributed by atoms with Gasteiger partial charge in [-0.1, -0.05) is 6.92 Å². The molecule has 19 heavy (non-hydrogen) atoms. The molecule has 0 amide bonds. The molecule has 0 bridgehead atoms. The minimum Gasteiger partial charge on any atom is -0.367 e. The molecule has 5 nitrogen and oxygen atoms in total. The van der Waals surface area contributed by atoms with Crippen LogP contribution in [0.2, 0.25) is 0 Å². The fourth-order valence-corrected chi connectivity index (χ4v) is 2.44. The Bertz CT molecular complexity index is 505. The first-order valence-corrected chi connectivity index (χ1v) is 6.54. The Morgan fingerprint density at radius 2 is 2.05 bits per heavy atom. The van der Waals surface area contributed by atoms with Crippen LogP contribution >= 0.6 is 0 Å². The van der Waals surface area contributed by atoms with Gasteiger partial charge in [0.05, 0.1) is 17.8 Å². The highest BCUT2D eigenvalue weighted by atomic mass is 15.3. The quantitative estimate of drug-likeness (QED) is 0.816. The van der Waals surface area contributed by atoms with Gasteiger partial charge in [0.15, 0.2) is 5.69 Å². The number of nitrogens with zero attached hydrogens (tertiary/aromatic N) is 5. The van der Waals surface area contributed by atoms with Crippen molar-refractivity contribution < 1.29 is 0 Å². The standard InChI is InChI=1S/C14H17N5/c1-2-12(10-15)18-6-8-19(9-7-18)14-4-3-5-17-13(14)11-16/h3-5,12H,2,6-9H2,1H3. The zero-order valence-electron chi connectivity index (χ0n) is 11.1. The number of anilines is 1. The molecule has 5 heteroatoms. The third-order valence-corrected chi connectivity index (χ3v) is 3.52. The number of pyridine rings is 1. The van der Waals surface area contributed by atoms with Gasteiger partial charge in [-0.3, -0.25) is 4.90 Å². The van der Waals surface area contributed by atoms with Crippen molar-refractivity contribution in [2.24, 2.45) is 0 Å². The van der Waals surface area contributed by atoms with Crippen LogP contribution in [-0.4, -0.2) is 42.1 Å². The summed E-state index contributed by atoms with van der Waals surface area (Å²) in [4.78, 5) is 8.47. The van der Waals surface area contributed by atoms with Crippen LogP contribution in [0.4, 0.5) is 5.69 Å². The molecule has 1 aromatic rings. The van der Waals surface area contributed by atoms with E-state index in [-0.39, 0.29) is 6.04 Å². The molecule has 1 aliphatic rings. The van der Waals surface area contributed by atoms with Crippen LogP contribution in [0.3, 0.4) is 0 Å². The highest BCUT2D eigenvalue weighted by Gasteiger charge is 2.23. The molecule has 1 aromatic heterocycles. The van der Waals surface area contributed by atoms with Crippen molar-refractivity contribution in [2.75, 3.05) is 31.1 Å². The van der Waals surface area contributed by atoms with Crippen LogP contribution in [-0.2, 0) is 0 Å². The molecule has 0 aliphatic carbocycles. The van der Waals surface area contributed by atoms with Crippen LogP contribution in [0.15, 0.2) is 18.3 Å². The Balaban J connectivity index is 2.05. The van der Waals surface area contributed by atoms with E-state index in [1.54, 1.807) is 6.20 Å². The first-order chi connectivity index (χ1) is 9.30. The first-order valence-electron chi connectivity index (χ1n) is 6.54. The van der Waals surface area contributed by atoms with Gasteiger partial charge in [-0.15, -0.1) is 0 Å². The van der Waals surface area contributed by atoms with E-state index in [2.05, 4.69) is 26.9 Å². The van der Waals surface area contributed by atoms with Gasteiger partial charge in [0, 0.05) is 32.4 Å². The Morgan fingerprint density at radius 1 is 1.32 bits per heavy atom. The molecule has 98 valence electrons. The van der Waals surface area contributed by atoms with Gasteiger partial charge in [-0.2, -0.15) is 10.5 Å². The summed E-state index contributed by atoms with van der Waals surface area (Å²) in [6.07, 6.45) is 2.49. The fraction of sp³-hybridized carbons (Fsp3) is 0.500. The lowest BCUT2D eigenvalue weighted by molar-refractivity contribution is 0.216. The van der Waals surface area contributed by atoms with Gasteiger partial charge < -0.3 is 4.90 Å². The Hall–Kier alpha value is -2.11. The van der Waals surface area contributed by atoms with Crippen LogP contribution in [0.25, 0.3) is 0 Å². The summed E-state index contributed by atoms with van der Waals surface area (Å²) in [6, 6.07) is 8.26. The fourth-order valence-electron chi connectivity index (χ4n) is 2.44. The number of rotatable bonds is 3. The number of hydrogen-bond acceptors (Lipinski definition) is 5. The third-order valence-electron chi connectivity index (χ3n) is 3.52. The van der Waals surface area contributed by atoms with Crippen molar-refractivity contribution in [3.63, 3.8) is 0 Å². The molecule has 2 heterocycles. The van der Waals surface area contributed by atoms with E-state index in [4.69, 9.17) is 10.5 Å². The van der Waals surface area contributed by atoms with Gasteiger partial charge in [-0.05, 0) is 18.6 Å². The van der Waals surface area contributed by atoms with E-state index in [1.807, 2.05) is 19.1 Å². The van der Waals surface area contributed by atoms with E-state index in [1.165, 1.54) is 0 Å². The molecule has 1 atom stereocenters. The molecule has 1 saturated heterocycles. The topological polar surface area (TPSA) is 67.0 Å². The predicted octanol–water partition coefficient (Wildman–Crippen LogP) is 1.38. The Kier molecular flexibility index (Phi) is 4.33. The normalized spacial score (nSPS) is 17.5. The molecular formula is C14H17N5. The predicted molar refractivity (Wildman–Crippen MR) is 72.4 cm³/mol. The summed E-state index contributed by atoms with van der Waals surface area (Å²) < 4.78 is 0. The zero-order valence-corrected chi connectivity index (χ0v) is 11.1. The SMILES string of the molecule is CCC(C#N)N1CCN(c2cccnc2C#N)CC1. The summed E-state index contributed by atoms with van der Waals surface area (Å²) in [7, 11) is 0. The number of piperazine rings is 1. The maximum atomic E-state index is 9.09. The minimum atomic E-state index is 0.00601. The maximum Gasteiger partial charge on any atom is 0.163 e. The first kappa shape index (κ1) is 13.3. The van der Waals surface area contributed by atoms with Crippen LogP contribution in [0.1, 0.15) is 19.0 Å². The van der Waals surface area contributed by atoms with Crippen LogP contribution < -0.4 is 4.90 Å². The summed E-state index contributed by atoms with van der Waals surface area (Å²) in [6.45, 7) is 5.41. The number of aromatic nitrogens is 1. The summed E-state index contributed by atoms with van der Waals surface area (Å²) in [5.41, 5.74) is 1.37. The van der Waals surface area contributed by atoms with E-state index in [0.717, 1.165) is 38.3 Å². The van der Waals surface area contributed by atoms with Gasteiger partial charge in [0.1, 0.15) is 6.07 Å². The largest absolute Gasteiger partial charge is 0.367 e. The van der Waals surface area contributed by atoms with Crippen molar-refractivity contribution in [2.45, 2.75) is 19.4 Å². The molecule has 1 aliphatic heterocycles. The lowest BCUT2D eigenvalue weighted by atomic mass is 10.1. The highest BCUT2D eigenvalue weighted by molar-refractivity contribution is 5.55. The number of nitriles is 2. The van der Waals surface area contributed by atoms with Gasteiger partial charge in [-0.25, -0.2) is 4.98 Å². The average Bonchev–Trinajstić information content (AvgIpc) is 2.49. The number of hydrogen-bond donors (Lipinski definition) is 0. The lowest BCUT2D eigenvalue weighted by Crippen LogP contribution is -2.50.